The lowest BCUT2D eigenvalue weighted by molar-refractivity contribution is 0.195. The molecule has 0 fully saturated rings. The molecule has 12 heavy (non-hydrogen) atoms. The van der Waals surface area contributed by atoms with Crippen molar-refractivity contribution in [1.29, 1.82) is 0 Å². The van der Waals surface area contributed by atoms with Crippen LogP contribution < -0.4 is 0 Å². The summed E-state index contributed by atoms with van der Waals surface area (Å²) in [7, 11) is 0. The molecular weight excluding hydrogens is 174 g/mol. The molecule has 0 aromatic carbocycles. The first-order valence-corrected chi connectivity index (χ1v) is 4.27. The van der Waals surface area contributed by atoms with Crippen LogP contribution in [0.5, 0.6) is 0 Å². The van der Waals surface area contributed by atoms with E-state index in [2.05, 4.69) is 4.98 Å². The zero-order valence-corrected chi connectivity index (χ0v) is 7.97. The number of rotatable bonds is 2. The predicted octanol–water partition coefficient (Wildman–Crippen LogP) is 1.97. The van der Waals surface area contributed by atoms with Gasteiger partial charge in [-0.2, -0.15) is 0 Å². The summed E-state index contributed by atoms with van der Waals surface area (Å²) in [6, 6.07) is 3.71. The zero-order valence-electron chi connectivity index (χ0n) is 7.21. The van der Waals surface area contributed by atoms with Crippen LogP contribution in [0.25, 0.3) is 0 Å². The number of halogens is 1. The largest absolute Gasteiger partial charge is 0.393 e. The van der Waals surface area contributed by atoms with Crippen LogP contribution >= 0.6 is 11.6 Å². The lowest BCUT2D eigenvalue weighted by atomic mass is 10.1. The highest BCUT2D eigenvalue weighted by Crippen LogP contribution is 2.11. The highest BCUT2D eigenvalue weighted by atomic mass is 35.5. The van der Waals surface area contributed by atoms with Gasteiger partial charge in [0.25, 0.3) is 0 Å². The van der Waals surface area contributed by atoms with Crippen LogP contribution in [0, 0.1) is 6.92 Å². The van der Waals surface area contributed by atoms with Crippen molar-refractivity contribution in [1.82, 2.24) is 4.98 Å². The van der Waals surface area contributed by atoms with Crippen LogP contribution in [0.15, 0.2) is 12.1 Å². The predicted molar refractivity (Wildman–Crippen MR) is 49.4 cm³/mol. The minimum Gasteiger partial charge on any atom is -0.393 e. The number of hydrogen-bond donors (Lipinski definition) is 1. The van der Waals surface area contributed by atoms with Gasteiger partial charge in [0.1, 0.15) is 5.15 Å². The fourth-order valence-corrected chi connectivity index (χ4v) is 1.43. The van der Waals surface area contributed by atoms with Gasteiger partial charge >= 0.3 is 0 Å². The van der Waals surface area contributed by atoms with E-state index in [1.807, 2.05) is 13.0 Å². The van der Waals surface area contributed by atoms with Gasteiger partial charge in [0.15, 0.2) is 0 Å². The van der Waals surface area contributed by atoms with Gasteiger partial charge in [-0.05, 0) is 38.0 Å². The molecule has 0 saturated heterocycles. The van der Waals surface area contributed by atoms with Crippen molar-refractivity contribution < 1.29 is 5.11 Å². The van der Waals surface area contributed by atoms with E-state index < -0.39 is 0 Å². The molecule has 1 heterocycles. The molecule has 0 radical (unpaired) electrons. The van der Waals surface area contributed by atoms with Crippen LogP contribution in [-0.2, 0) is 6.42 Å². The maximum Gasteiger partial charge on any atom is 0.129 e. The van der Waals surface area contributed by atoms with Crippen LogP contribution in [0.1, 0.15) is 18.2 Å². The van der Waals surface area contributed by atoms with Gasteiger partial charge in [0, 0.05) is 5.69 Å². The van der Waals surface area contributed by atoms with Crippen molar-refractivity contribution in [2.24, 2.45) is 0 Å². The topological polar surface area (TPSA) is 33.1 Å². The second-order valence-electron chi connectivity index (χ2n) is 2.99. The molecule has 66 valence electrons. The molecule has 0 aliphatic rings. The Bertz CT molecular complexity index is 253. The van der Waals surface area contributed by atoms with Crippen molar-refractivity contribution in [2.45, 2.75) is 26.4 Å². The van der Waals surface area contributed by atoms with Crippen molar-refractivity contribution in [3.05, 3.63) is 28.5 Å². The Balaban J connectivity index is 2.85. The number of nitrogens with zero attached hydrogens (tertiary/aromatic N) is 1. The normalized spacial score (nSPS) is 13.0. The van der Waals surface area contributed by atoms with Gasteiger partial charge in [-0.25, -0.2) is 4.98 Å². The lowest BCUT2D eigenvalue weighted by Gasteiger charge is -2.05. The van der Waals surface area contributed by atoms with Gasteiger partial charge < -0.3 is 5.11 Å². The number of pyridine rings is 1. The Morgan fingerprint density at radius 3 is 2.75 bits per heavy atom. The Labute approximate surface area is 77.2 Å². The Morgan fingerprint density at radius 2 is 2.25 bits per heavy atom. The summed E-state index contributed by atoms with van der Waals surface area (Å²) in [6.45, 7) is 3.64. The molecule has 0 spiro atoms. The fourth-order valence-electron chi connectivity index (χ4n) is 1.15. The van der Waals surface area contributed by atoms with E-state index >= 15 is 0 Å². The molecule has 0 unspecified atom stereocenters. The van der Waals surface area contributed by atoms with Crippen molar-refractivity contribution >= 4 is 11.6 Å². The van der Waals surface area contributed by atoms with E-state index in [1.165, 1.54) is 0 Å². The van der Waals surface area contributed by atoms with Crippen molar-refractivity contribution in [3.8, 4) is 0 Å². The molecular formula is C9H12ClNO. The Morgan fingerprint density at radius 1 is 1.58 bits per heavy atom. The van der Waals surface area contributed by atoms with E-state index in [1.54, 1.807) is 13.0 Å². The Kier molecular flexibility index (Phi) is 3.06. The number of aryl methyl sites for hydroxylation is 1. The summed E-state index contributed by atoms with van der Waals surface area (Å²) >= 11 is 5.74. The minimum atomic E-state index is -0.331. The third kappa shape index (κ3) is 2.80. The highest BCUT2D eigenvalue weighted by Gasteiger charge is 2.01. The van der Waals surface area contributed by atoms with Crippen molar-refractivity contribution in [3.63, 3.8) is 0 Å². The molecule has 3 heteroatoms. The van der Waals surface area contributed by atoms with Gasteiger partial charge in [-0.15, -0.1) is 0 Å². The molecule has 2 nitrogen and oxygen atoms in total. The summed E-state index contributed by atoms with van der Waals surface area (Å²) in [5, 5.41) is 9.62. The number of aliphatic hydroxyl groups is 1. The summed E-state index contributed by atoms with van der Waals surface area (Å²) in [6.07, 6.45) is 0.297. The van der Waals surface area contributed by atoms with Crippen LogP contribution in [-0.4, -0.2) is 16.2 Å². The summed E-state index contributed by atoms with van der Waals surface area (Å²) in [5.41, 5.74) is 1.92. The average Bonchev–Trinajstić information content (AvgIpc) is 1.81. The number of hydrogen-bond acceptors (Lipinski definition) is 2. The van der Waals surface area contributed by atoms with Crippen LogP contribution in [0.4, 0.5) is 0 Å². The third-order valence-electron chi connectivity index (χ3n) is 1.51. The van der Waals surface area contributed by atoms with Gasteiger partial charge in [-0.1, -0.05) is 11.6 Å². The second-order valence-corrected chi connectivity index (χ2v) is 3.38. The molecule has 1 aromatic heterocycles. The van der Waals surface area contributed by atoms with Crippen LogP contribution in [0.3, 0.4) is 0 Å². The van der Waals surface area contributed by atoms with Crippen molar-refractivity contribution in [2.75, 3.05) is 0 Å². The quantitative estimate of drug-likeness (QED) is 0.715. The molecule has 1 atom stereocenters. The standard InChI is InChI=1S/C9H12ClNO/c1-6-3-8(4-7(2)12)5-9(10)11-6/h3,5,7,12H,4H2,1-2H3/t7-/m0/s1. The summed E-state index contributed by atoms with van der Waals surface area (Å²) in [4.78, 5) is 4.03. The fraction of sp³-hybridized carbons (Fsp3) is 0.444. The molecule has 0 aliphatic heterocycles. The molecule has 0 bridgehead atoms. The number of aliphatic hydroxyl groups excluding tert-OH is 1. The molecule has 1 rings (SSSR count). The summed E-state index contributed by atoms with van der Waals surface area (Å²) in [5.74, 6) is 0. The smallest absolute Gasteiger partial charge is 0.129 e. The van der Waals surface area contributed by atoms with Crippen LogP contribution in [0.2, 0.25) is 5.15 Å². The SMILES string of the molecule is Cc1cc(C[C@H](C)O)cc(Cl)n1. The second kappa shape index (κ2) is 3.87. The van der Waals surface area contributed by atoms with Gasteiger partial charge in [0.2, 0.25) is 0 Å². The molecule has 1 N–H and O–H groups in total. The number of aromatic nitrogens is 1. The first-order chi connectivity index (χ1) is 5.58. The van der Waals surface area contributed by atoms with E-state index in [0.717, 1.165) is 11.3 Å². The van der Waals surface area contributed by atoms with E-state index in [-0.39, 0.29) is 6.10 Å². The van der Waals surface area contributed by atoms with Gasteiger partial charge in [-0.3, -0.25) is 0 Å². The highest BCUT2D eigenvalue weighted by molar-refractivity contribution is 6.29. The first kappa shape index (κ1) is 9.49. The first-order valence-electron chi connectivity index (χ1n) is 3.89. The Hall–Kier alpha value is -0.600. The average molecular weight is 186 g/mol. The summed E-state index contributed by atoms with van der Waals surface area (Å²) < 4.78 is 0. The molecule has 1 aromatic rings. The molecule has 0 amide bonds. The maximum absolute atomic E-state index is 9.12. The molecule has 0 saturated carbocycles. The van der Waals surface area contributed by atoms with Gasteiger partial charge in [0.05, 0.1) is 6.10 Å². The third-order valence-corrected chi connectivity index (χ3v) is 1.71. The van der Waals surface area contributed by atoms with E-state index in [0.29, 0.717) is 11.6 Å². The zero-order chi connectivity index (χ0) is 9.14. The minimum absolute atomic E-state index is 0.331. The van der Waals surface area contributed by atoms with E-state index in [9.17, 15) is 0 Å². The maximum atomic E-state index is 9.12. The lowest BCUT2D eigenvalue weighted by Crippen LogP contribution is -2.04. The van der Waals surface area contributed by atoms with E-state index in [4.69, 9.17) is 16.7 Å². The monoisotopic (exact) mass is 185 g/mol. The molecule has 0 aliphatic carbocycles.